The number of nitrogens with zero attached hydrogens (tertiary/aromatic N) is 2. The molecule has 0 radical (unpaired) electrons. The minimum absolute atomic E-state index is 0.00210. The number of hydrogen-bond donors (Lipinski definition) is 0. The maximum atomic E-state index is 11.4. The van der Waals surface area contributed by atoms with Crippen LogP contribution in [-0.4, -0.2) is 22.4 Å². The molecule has 2 rings (SSSR count). The van der Waals surface area contributed by atoms with Crippen LogP contribution in [0.1, 0.15) is 42.9 Å². The molecule has 0 unspecified atom stereocenters. The summed E-state index contributed by atoms with van der Waals surface area (Å²) < 4.78 is 13.1. The van der Waals surface area contributed by atoms with Gasteiger partial charge in [-0.05, 0) is 39.0 Å². The molecule has 1 heterocycles. The largest absolute Gasteiger partial charge is 0.493 e. The third-order valence-corrected chi connectivity index (χ3v) is 3.25. The van der Waals surface area contributed by atoms with Crippen molar-refractivity contribution in [3.8, 4) is 11.5 Å². The Kier molecular flexibility index (Phi) is 4.62. The van der Waals surface area contributed by atoms with E-state index in [1.54, 1.807) is 37.8 Å². The van der Waals surface area contributed by atoms with Gasteiger partial charge in [0, 0.05) is 11.6 Å². The van der Waals surface area contributed by atoms with Crippen LogP contribution in [0.3, 0.4) is 0 Å². The quantitative estimate of drug-likeness (QED) is 0.766. The Morgan fingerprint density at radius 2 is 2.10 bits per heavy atom. The van der Waals surface area contributed by atoms with Crippen LogP contribution in [0.4, 0.5) is 0 Å². The van der Waals surface area contributed by atoms with Crippen molar-refractivity contribution in [2.45, 2.75) is 33.4 Å². The molecule has 0 aliphatic rings. The van der Waals surface area contributed by atoms with E-state index in [4.69, 9.17) is 9.47 Å². The van der Waals surface area contributed by atoms with E-state index in [1.807, 2.05) is 0 Å². The van der Waals surface area contributed by atoms with E-state index < -0.39 is 0 Å². The molecule has 0 atom stereocenters. The van der Waals surface area contributed by atoms with E-state index in [1.165, 1.54) is 6.92 Å². The molecule has 0 aliphatic carbocycles. The van der Waals surface area contributed by atoms with Crippen molar-refractivity contribution in [1.82, 2.24) is 9.55 Å². The van der Waals surface area contributed by atoms with Crippen LogP contribution in [0, 0.1) is 0 Å². The third-order valence-electron chi connectivity index (χ3n) is 3.25. The number of aromatic nitrogens is 2. The number of hydrogen-bond acceptors (Lipinski definition) is 4. The molecular weight excluding hydrogens is 268 g/mol. The van der Waals surface area contributed by atoms with E-state index in [2.05, 4.69) is 23.4 Å². The van der Waals surface area contributed by atoms with E-state index in [0.29, 0.717) is 29.7 Å². The fraction of sp³-hybridized carbons (Fsp3) is 0.375. The number of benzene rings is 1. The van der Waals surface area contributed by atoms with Gasteiger partial charge in [-0.3, -0.25) is 4.79 Å². The zero-order valence-electron chi connectivity index (χ0n) is 12.8. The molecule has 0 aliphatic heterocycles. The second-order valence-corrected chi connectivity index (χ2v) is 5.10. The molecule has 0 spiro atoms. The van der Waals surface area contributed by atoms with Crippen molar-refractivity contribution < 1.29 is 14.3 Å². The molecule has 1 aromatic carbocycles. The van der Waals surface area contributed by atoms with Gasteiger partial charge in [-0.15, -0.1) is 0 Å². The first kappa shape index (κ1) is 15.1. The van der Waals surface area contributed by atoms with Gasteiger partial charge in [-0.2, -0.15) is 0 Å². The van der Waals surface area contributed by atoms with Crippen LogP contribution in [-0.2, 0) is 6.61 Å². The lowest BCUT2D eigenvalue weighted by Crippen LogP contribution is -2.07. The summed E-state index contributed by atoms with van der Waals surface area (Å²) in [5.74, 6) is 1.16. The number of ether oxygens (including phenoxy) is 2. The zero-order chi connectivity index (χ0) is 15.4. The standard InChI is InChI=1S/C16H20N2O3/c1-11(2)18-10-17-8-14(18)9-21-15-6-5-13(12(3)19)7-16(15)20-4/h5-8,10-11H,9H2,1-4H3. The summed E-state index contributed by atoms with van der Waals surface area (Å²) >= 11 is 0. The monoisotopic (exact) mass is 288 g/mol. The molecule has 0 saturated carbocycles. The first-order valence-electron chi connectivity index (χ1n) is 6.85. The van der Waals surface area contributed by atoms with Gasteiger partial charge in [0.05, 0.1) is 25.3 Å². The third kappa shape index (κ3) is 3.42. The fourth-order valence-electron chi connectivity index (χ4n) is 2.07. The number of rotatable bonds is 6. The van der Waals surface area contributed by atoms with E-state index >= 15 is 0 Å². The summed E-state index contributed by atoms with van der Waals surface area (Å²) in [7, 11) is 1.56. The van der Waals surface area contributed by atoms with Gasteiger partial charge in [-0.25, -0.2) is 4.98 Å². The Hall–Kier alpha value is -2.30. The van der Waals surface area contributed by atoms with Crippen LogP contribution >= 0.6 is 0 Å². The molecule has 1 aromatic heterocycles. The van der Waals surface area contributed by atoms with Gasteiger partial charge in [0.2, 0.25) is 0 Å². The van der Waals surface area contributed by atoms with Crippen molar-refractivity contribution in [2.24, 2.45) is 0 Å². The Bertz CT molecular complexity index is 632. The van der Waals surface area contributed by atoms with Gasteiger partial charge >= 0.3 is 0 Å². The SMILES string of the molecule is COc1cc(C(C)=O)ccc1OCc1cncn1C(C)C. The number of carbonyl (C=O) groups is 1. The lowest BCUT2D eigenvalue weighted by molar-refractivity contribution is 0.101. The average Bonchev–Trinajstić information content (AvgIpc) is 2.93. The smallest absolute Gasteiger partial charge is 0.161 e. The minimum Gasteiger partial charge on any atom is -0.493 e. The second kappa shape index (κ2) is 6.43. The molecule has 2 aromatic rings. The first-order chi connectivity index (χ1) is 10.0. The molecule has 0 N–H and O–H groups in total. The van der Waals surface area contributed by atoms with Crippen LogP contribution in [0.5, 0.6) is 11.5 Å². The Morgan fingerprint density at radius 3 is 2.71 bits per heavy atom. The number of carbonyl (C=O) groups excluding carboxylic acids is 1. The number of ketones is 1. The zero-order valence-corrected chi connectivity index (χ0v) is 12.8. The summed E-state index contributed by atoms with van der Waals surface area (Å²) in [6.45, 7) is 6.10. The highest BCUT2D eigenvalue weighted by atomic mass is 16.5. The van der Waals surface area contributed by atoms with Gasteiger partial charge in [-0.1, -0.05) is 0 Å². The summed E-state index contributed by atoms with van der Waals surface area (Å²) in [6.07, 6.45) is 3.58. The van der Waals surface area contributed by atoms with Gasteiger partial charge in [0.15, 0.2) is 17.3 Å². The molecule has 5 nitrogen and oxygen atoms in total. The van der Waals surface area contributed by atoms with Crippen molar-refractivity contribution in [2.75, 3.05) is 7.11 Å². The molecule has 0 bridgehead atoms. The number of methoxy groups -OCH3 is 1. The maximum absolute atomic E-state index is 11.4. The summed E-state index contributed by atoms with van der Waals surface area (Å²) in [5, 5.41) is 0. The van der Waals surface area contributed by atoms with Crippen LogP contribution in [0.15, 0.2) is 30.7 Å². The highest BCUT2D eigenvalue weighted by Crippen LogP contribution is 2.29. The Morgan fingerprint density at radius 1 is 1.33 bits per heavy atom. The predicted octanol–water partition coefficient (Wildman–Crippen LogP) is 3.25. The molecule has 21 heavy (non-hydrogen) atoms. The molecular formula is C16H20N2O3. The Balaban J connectivity index is 2.16. The van der Waals surface area contributed by atoms with E-state index in [-0.39, 0.29) is 5.78 Å². The minimum atomic E-state index is -0.00210. The van der Waals surface area contributed by atoms with Crippen molar-refractivity contribution in [1.29, 1.82) is 0 Å². The van der Waals surface area contributed by atoms with E-state index in [0.717, 1.165) is 5.69 Å². The normalized spacial score (nSPS) is 10.7. The van der Waals surface area contributed by atoms with Gasteiger partial charge in [0.25, 0.3) is 0 Å². The number of Topliss-reactive ketones (excluding diaryl/α,β-unsaturated/α-hetero) is 1. The summed E-state index contributed by atoms with van der Waals surface area (Å²) in [6, 6.07) is 5.51. The predicted molar refractivity (Wildman–Crippen MR) is 79.9 cm³/mol. The van der Waals surface area contributed by atoms with Crippen molar-refractivity contribution in [3.63, 3.8) is 0 Å². The molecule has 0 saturated heterocycles. The average molecular weight is 288 g/mol. The van der Waals surface area contributed by atoms with Crippen LogP contribution in [0.25, 0.3) is 0 Å². The summed E-state index contributed by atoms with van der Waals surface area (Å²) in [5.41, 5.74) is 1.59. The molecule has 0 amide bonds. The summed E-state index contributed by atoms with van der Waals surface area (Å²) in [4.78, 5) is 15.5. The topological polar surface area (TPSA) is 53.4 Å². The second-order valence-electron chi connectivity index (χ2n) is 5.10. The van der Waals surface area contributed by atoms with Gasteiger partial charge in [0.1, 0.15) is 6.61 Å². The maximum Gasteiger partial charge on any atom is 0.161 e. The fourth-order valence-corrected chi connectivity index (χ4v) is 2.07. The molecule has 0 fully saturated rings. The van der Waals surface area contributed by atoms with Crippen LogP contribution < -0.4 is 9.47 Å². The molecule has 112 valence electrons. The lowest BCUT2D eigenvalue weighted by atomic mass is 10.1. The lowest BCUT2D eigenvalue weighted by Gasteiger charge is -2.14. The highest BCUT2D eigenvalue weighted by molar-refractivity contribution is 5.94. The van der Waals surface area contributed by atoms with Crippen LogP contribution in [0.2, 0.25) is 0 Å². The van der Waals surface area contributed by atoms with E-state index in [9.17, 15) is 4.79 Å². The molecule has 5 heteroatoms. The first-order valence-corrected chi connectivity index (χ1v) is 6.85. The van der Waals surface area contributed by atoms with Crippen molar-refractivity contribution >= 4 is 5.78 Å². The highest BCUT2D eigenvalue weighted by Gasteiger charge is 2.10. The Labute approximate surface area is 124 Å². The van der Waals surface area contributed by atoms with Gasteiger partial charge < -0.3 is 14.0 Å². The number of imidazole rings is 1. The van der Waals surface area contributed by atoms with Crippen molar-refractivity contribution in [3.05, 3.63) is 42.0 Å².